The van der Waals surface area contributed by atoms with Gasteiger partial charge >= 0.3 is 5.97 Å². The highest BCUT2D eigenvalue weighted by Crippen LogP contribution is 2.20. The lowest BCUT2D eigenvalue weighted by molar-refractivity contribution is -0.156. The van der Waals surface area contributed by atoms with Crippen LogP contribution in [0, 0.1) is 0 Å². The van der Waals surface area contributed by atoms with Crippen molar-refractivity contribution < 1.29 is 19.1 Å². The number of nitrogens with zero attached hydrogens (tertiary/aromatic N) is 1. The molecule has 6 nitrogen and oxygen atoms in total. The predicted molar refractivity (Wildman–Crippen MR) is 64.0 cm³/mol. The summed E-state index contributed by atoms with van der Waals surface area (Å²) in [6.07, 6.45) is 2.12. The molecule has 0 spiro atoms. The number of ether oxygens (including phenoxy) is 2. The van der Waals surface area contributed by atoms with Gasteiger partial charge in [-0.3, -0.25) is 14.5 Å². The third-order valence-electron chi connectivity index (χ3n) is 3.44. The Hall–Kier alpha value is -1.14. The van der Waals surface area contributed by atoms with E-state index >= 15 is 0 Å². The second kappa shape index (κ2) is 5.67. The van der Waals surface area contributed by atoms with Gasteiger partial charge in [-0.2, -0.15) is 0 Å². The molecule has 1 N–H and O–H groups in total. The standard InChI is InChI=1S/C12H20N2O4/c1-8(11(15)13-9-3-4-9)14-5-6-18-7-10(14)12(16)17-2/h8-10H,3-7H2,1-2H3,(H,13,15). The summed E-state index contributed by atoms with van der Waals surface area (Å²) in [6.45, 7) is 3.21. The number of morpholine rings is 1. The Morgan fingerprint density at radius 3 is 2.78 bits per heavy atom. The summed E-state index contributed by atoms with van der Waals surface area (Å²) >= 11 is 0. The van der Waals surface area contributed by atoms with E-state index in [1.807, 2.05) is 11.8 Å². The Balaban J connectivity index is 1.97. The average Bonchev–Trinajstić information content (AvgIpc) is 3.20. The molecule has 102 valence electrons. The quantitative estimate of drug-likeness (QED) is 0.689. The molecule has 0 aromatic heterocycles. The highest BCUT2D eigenvalue weighted by atomic mass is 16.5. The first-order valence-corrected chi connectivity index (χ1v) is 6.35. The summed E-state index contributed by atoms with van der Waals surface area (Å²) in [4.78, 5) is 25.5. The van der Waals surface area contributed by atoms with Crippen LogP contribution >= 0.6 is 0 Å². The molecule has 1 aliphatic carbocycles. The van der Waals surface area contributed by atoms with Crippen LogP contribution < -0.4 is 5.32 Å². The number of nitrogens with one attached hydrogen (secondary N) is 1. The first-order valence-electron chi connectivity index (χ1n) is 6.35. The van der Waals surface area contributed by atoms with Gasteiger partial charge in [0.25, 0.3) is 0 Å². The minimum absolute atomic E-state index is 0.0201. The predicted octanol–water partition coefficient (Wildman–Crippen LogP) is -0.473. The van der Waals surface area contributed by atoms with Gasteiger partial charge in [0.15, 0.2) is 0 Å². The first-order chi connectivity index (χ1) is 8.63. The van der Waals surface area contributed by atoms with Crippen molar-refractivity contribution in [3.8, 4) is 0 Å². The number of hydrogen-bond acceptors (Lipinski definition) is 5. The summed E-state index contributed by atoms with van der Waals surface area (Å²) in [5.41, 5.74) is 0. The number of esters is 1. The van der Waals surface area contributed by atoms with Crippen molar-refractivity contribution in [1.82, 2.24) is 10.2 Å². The van der Waals surface area contributed by atoms with E-state index in [1.54, 1.807) is 0 Å². The van der Waals surface area contributed by atoms with Crippen LogP contribution in [0.2, 0.25) is 0 Å². The van der Waals surface area contributed by atoms with Crippen molar-refractivity contribution in [3.63, 3.8) is 0 Å². The molecular weight excluding hydrogens is 236 g/mol. The molecule has 6 heteroatoms. The van der Waals surface area contributed by atoms with Crippen LogP contribution in [0.4, 0.5) is 0 Å². The maximum absolute atomic E-state index is 12.0. The monoisotopic (exact) mass is 256 g/mol. The molecular formula is C12H20N2O4. The van der Waals surface area contributed by atoms with Crippen LogP contribution in [-0.2, 0) is 19.1 Å². The van der Waals surface area contributed by atoms with Crippen molar-refractivity contribution in [2.75, 3.05) is 26.9 Å². The van der Waals surface area contributed by atoms with Gasteiger partial charge < -0.3 is 14.8 Å². The van der Waals surface area contributed by atoms with Crippen molar-refractivity contribution in [2.24, 2.45) is 0 Å². The molecule has 18 heavy (non-hydrogen) atoms. The molecule has 0 bridgehead atoms. The van der Waals surface area contributed by atoms with E-state index in [0.717, 1.165) is 12.8 Å². The van der Waals surface area contributed by atoms with E-state index in [9.17, 15) is 9.59 Å². The number of rotatable bonds is 4. The molecule has 1 heterocycles. The van der Waals surface area contributed by atoms with E-state index in [2.05, 4.69) is 5.32 Å². The molecule has 1 saturated carbocycles. The summed E-state index contributed by atoms with van der Waals surface area (Å²) < 4.78 is 10.0. The molecule has 2 unspecified atom stereocenters. The third kappa shape index (κ3) is 3.00. The number of amides is 1. The molecule has 2 aliphatic rings. The lowest BCUT2D eigenvalue weighted by Gasteiger charge is -2.37. The number of methoxy groups -OCH3 is 1. The number of carbonyl (C=O) groups is 2. The van der Waals surface area contributed by atoms with Gasteiger partial charge in [-0.1, -0.05) is 0 Å². The van der Waals surface area contributed by atoms with Crippen LogP contribution in [0.25, 0.3) is 0 Å². The zero-order valence-electron chi connectivity index (χ0n) is 10.8. The zero-order valence-corrected chi connectivity index (χ0v) is 10.8. The average molecular weight is 256 g/mol. The SMILES string of the molecule is COC(=O)C1COCCN1C(C)C(=O)NC1CC1. The van der Waals surface area contributed by atoms with Gasteiger partial charge in [0.1, 0.15) is 6.04 Å². The second-order valence-electron chi connectivity index (χ2n) is 4.81. The van der Waals surface area contributed by atoms with Crippen LogP contribution in [0.1, 0.15) is 19.8 Å². The van der Waals surface area contributed by atoms with Crippen molar-refractivity contribution in [2.45, 2.75) is 37.9 Å². The highest BCUT2D eigenvalue weighted by molar-refractivity contribution is 5.83. The topological polar surface area (TPSA) is 67.9 Å². The fraction of sp³-hybridized carbons (Fsp3) is 0.833. The highest BCUT2D eigenvalue weighted by Gasteiger charge is 2.37. The fourth-order valence-corrected chi connectivity index (χ4v) is 2.12. The Labute approximate surface area is 107 Å². The van der Waals surface area contributed by atoms with Gasteiger partial charge in [-0.05, 0) is 19.8 Å². The first kappa shape index (κ1) is 13.3. The van der Waals surface area contributed by atoms with Gasteiger partial charge in [0, 0.05) is 12.6 Å². The summed E-state index contributed by atoms with van der Waals surface area (Å²) in [6, 6.07) is -0.486. The van der Waals surface area contributed by atoms with Gasteiger partial charge in [0.05, 0.1) is 26.4 Å². The normalized spacial score (nSPS) is 26.4. The zero-order chi connectivity index (χ0) is 13.1. The Bertz CT molecular complexity index is 330. The minimum atomic E-state index is -0.483. The van der Waals surface area contributed by atoms with Gasteiger partial charge in [0.2, 0.25) is 5.91 Å². The molecule has 2 atom stereocenters. The second-order valence-corrected chi connectivity index (χ2v) is 4.81. The largest absolute Gasteiger partial charge is 0.468 e. The molecule has 1 amide bonds. The Morgan fingerprint density at radius 2 is 2.17 bits per heavy atom. The third-order valence-corrected chi connectivity index (χ3v) is 3.44. The van der Waals surface area contributed by atoms with Crippen LogP contribution in [-0.4, -0.2) is 61.8 Å². The summed E-state index contributed by atoms with van der Waals surface area (Å²) in [5.74, 6) is -0.367. The molecule has 2 fully saturated rings. The maximum Gasteiger partial charge on any atom is 0.325 e. The summed E-state index contributed by atoms with van der Waals surface area (Å²) in [5, 5.41) is 2.95. The van der Waals surface area contributed by atoms with Crippen LogP contribution in [0.3, 0.4) is 0 Å². The van der Waals surface area contributed by atoms with E-state index in [1.165, 1.54) is 7.11 Å². The van der Waals surface area contributed by atoms with Crippen molar-refractivity contribution in [3.05, 3.63) is 0 Å². The van der Waals surface area contributed by atoms with Crippen LogP contribution in [0.5, 0.6) is 0 Å². The van der Waals surface area contributed by atoms with Crippen LogP contribution in [0.15, 0.2) is 0 Å². The molecule has 0 aromatic rings. The molecule has 1 aliphatic heterocycles. The Kier molecular flexibility index (Phi) is 4.19. The minimum Gasteiger partial charge on any atom is -0.468 e. The van der Waals surface area contributed by atoms with Gasteiger partial charge in [-0.25, -0.2) is 0 Å². The van der Waals surface area contributed by atoms with Crippen molar-refractivity contribution >= 4 is 11.9 Å². The smallest absolute Gasteiger partial charge is 0.325 e. The maximum atomic E-state index is 12.0. The molecule has 0 radical (unpaired) electrons. The fourth-order valence-electron chi connectivity index (χ4n) is 2.12. The Morgan fingerprint density at radius 1 is 1.44 bits per heavy atom. The molecule has 0 aromatic carbocycles. The van der Waals surface area contributed by atoms with Gasteiger partial charge in [-0.15, -0.1) is 0 Å². The number of carbonyl (C=O) groups excluding carboxylic acids is 2. The lowest BCUT2D eigenvalue weighted by Crippen LogP contribution is -2.58. The number of hydrogen-bond donors (Lipinski definition) is 1. The lowest BCUT2D eigenvalue weighted by atomic mass is 10.1. The van der Waals surface area contributed by atoms with Crippen molar-refractivity contribution in [1.29, 1.82) is 0 Å². The summed E-state index contributed by atoms with van der Waals surface area (Å²) in [7, 11) is 1.35. The van der Waals surface area contributed by atoms with E-state index in [-0.39, 0.29) is 24.5 Å². The molecule has 2 rings (SSSR count). The van der Waals surface area contributed by atoms with E-state index < -0.39 is 6.04 Å². The van der Waals surface area contributed by atoms with E-state index in [0.29, 0.717) is 19.2 Å². The van der Waals surface area contributed by atoms with E-state index in [4.69, 9.17) is 9.47 Å². The molecule has 1 saturated heterocycles.